The second kappa shape index (κ2) is 30.9. The minimum absolute atomic E-state index is 1.08. The molecule has 0 rings (SSSR count). The van der Waals surface area contributed by atoms with E-state index in [1.54, 1.807) is 0 Å². The van der Waals surface area contributed by atoms with Gasteiger partial charge in [-0.15, -0.1) is 19.7 Å². The van der Waals surface area contributed by atoms with Crippen molar-refractivity contribution < 1.29 is 0 Å². The topological polar surface area (TPSA) is 0 Å². The van der Waals surface area contributed by atoms with E-state index < -0.39 is 0 Å². The third-order valence-electron chi connectivity index (χ3n) is 2.81. The summed E-state index contributed by atoms with van der Waals surface area (Å²) in [7, 11) is 0. The summed E-state index contributed by atoms with van der Waals surface area (Å²) in [6.07, 6.45) is 20.2. The molecule has 0 saturated carbocycles. The molecule has 0 heteroatoms. The second-order valence-electron chi connectivity index (χ2n) is 4.97. The van der Waals surface area contributed by atoms with Crippen LogP contribution in [0.2, 0.25) is 0 Å². The zero-order valence-corrected chi connectivity index (χ0v) is 14.6. The molecule has 0 aliphatic carbocycles. The minimum atomic E-state index is 1.08. The molecule has 0 bridgehead atoms. The fraction of sp³-hybridized carbons (Fsp3) is 0.700. The fourth-order valence-electron chi connectivity index (χ4n) is 1.43. The van der Waals surface area contributed by atoms with E-state index in [1.807, 2.05) is 18.2 Å². The van der Waals surface area contributed by atoms with E-state index in [1.165, 1.54) is 64.2 Å². The van der Waals surface area contributed by atoms with E-state index in [2.05, 4.69) is 40.5 Å². The van der Waals surface area contributed by atoms with E-state index in [0.717, 1.165) is 6.42 Å². The van der Waals surface area contributed by atoms with Crippen LogP contribution in [0.5, 0.6) is 0 Å². The van der Waals surface area contributed by atoms with Crippen LogP contribution in [0.1, 0.15) is 91.4 Å². The van der Waals surface area contributed by atoms with Gasteiger partial charge in [0.25, 0.3) is 0 Å². The highest BCUT2D eigenvalue weighted by molar-refractivity contribution is 4.65. The Labute approximate surface area is 130 Å². The Morgan fingerprint density at radius 1 is 0.550 bits per heavy atom. The number of allylic oxidation sites excluding steroid dienone is 3. The monoisotopic (exact) mass is 280 g/mol. The summed E-state index contributed by atoms with van der Waals surface area (Å²) in [6.45, 7) is 17.3. The van der Waals surface area contributed by atoms with Gasteiger partial charge in [-0.2, -0.15) is 0 Å². The molecule has 0 aromatic rings. The molecule has 0 atom stereocenters. The molecule has 0 radical (unpaired) electrons. The molecule has 0 spiro atoms. The molecule has 0 fully saturated rings. The predicted molar refractivity (Wildman–Crippen MR) is 98.4 cm³/mol. The quantitative estimate of drug-likeness (QED) is 0.267. The summed E-state index contributed by atoms with van der Waals surface area (Å²) in [4.78, 5) is 0. The smallest absolute Gasteiger partial charge is 0.0353 e. The van der Waals surface area contributed by atoms with Crippen molar-refractivity contribution in [3.05, 3.63) is 38.0 Å². The Morgan fingerprint density at radius 2 is 0.900 bits per heavy atom. The first-order chi connectivity index (χ1) is 9.74. The van der Waals surface area contributed by atoms with E-state index >= 15 is 0 Å². The van der Waals surface area contributed by atoms with Crippen LogP contribution in [0.15, 0.2) is 38.0 Å². The van der Waals surface area contributed by atoms with Crippen LogP contribution in [-0.4, -0.2) is 0 Å². The van der Waals surface area contributed by atoms with Crippen LogP contribution in [0.4, 0.5) is 0 Å². The van der Waals surface area contributed by atoms with Crippen molar-refractivity contribution in [2.24, 2.45) is 0 Å². The molecule has 0 aliphatic rings. The van der Waals surface area contributed by atoms with Crippen LogP contribution in [0.3, 0.4) is 0 Å². The summed E-state index contributed by atoms with van der Waals surface area (Å²) in [5.41, 5.74) is 0. The molecule has 0 aliphatic heterocycles. The van der Waals surface area contributed by atoms with Crippen molar-refractivity contribution in [3.63, 3.8) is 0 Å². The summed E-state index contributed by atoms with van der Waals surface area (Å²) < 4.78 is 0. The lowest BCUT2D eigenvalue weighted by molar-refractivity contribution is 0.675. The predicted octanol–water partition coefficient (Wildman–Crippen LogP) is 7.87. The highest BCUT2D eigenvalue weighted by Crippen LogP contribution is 2.02. The average Bonchev–Trinajstić information content (AvgIpc) is 2.49. The number of rotatable bonds is 11. The number of unbranched alkanes of at least 4 members (excludes halogenated alkanes) is 8. The van der Waals surface area contributed by atoms with Gasteiger partial charge in [-0.1, -0.05) is 77.5 Å². The van der Waals surface area contributed by atoms with Gasteiger partial charge < -0.3 is 0 Å². The molecule has 0 amide bonds. The third kappa shape index (κ3) is 43.4. The molecule has 0 nitrogen and oxygen atoms in total. The van der Waals surface area contributed by atoms with E-state index in [0.29, 0.717) is 0 Å². The van der Waals surface area contributed by atoms with Crippen molar-refractivity contribution in [1.29, 1.82) is 0 Å². The van der Waals surface area contributed by atoms with Crippen molar-refractivity contribution in [3.8, 4) is 0 Å². The lowest BCUT2D eigenvalue weighted by atomic mass is 10.2. The molecule has 0 heterocycles. The number of hydrogen-bond acceptors (Lipinski definition) is 0. The largest absolute Gasteiger partial charge is 0.103 e. The van der Waals surface area contributed by atoms with Crippen molar-refractivity contribution >= 4 is 0 Å². The van der Waals surface area contributed by atoms with Gasteiger partial charge in [0.1, 0.15) is 0 Å². The lowest BCUT2D eigenvalue weighted by Gasteiger charge is -1.91. The lowest BCUT2D eigenvalue weighted by Crippen LogP contribution is -1.71. The number of hydrogen-bond donors (Lipinski definition) is 0. The highest BCUT2D eigenvalue weighted by atomic mass is 13.9. The van der Waals surface area contributed by atoms with Gasteiger partial charge >= 0.3 is 0 Å². The Hall–Kier alpha value is -0.780. The van der Waals surface area contributed by atoms with Gasteiger partial charge in [0.15, 0.2) is 0 Å². The van der Waals surface area contributed by atoms with Crippen molar-refractivity contribution in [1.82, 2.24) is 0 Å². The van der Waals surface area contributed by atoms with E-state index in [4.69, 9.17) is 0 Å². The summed E-state index contributed by atoms with van der Waals surface area (Å²) >= 11 is 0. The van der Waals surface area contributed by atoms with Crippen molar-refractivity contribution in [2.75, 3.05) is 0 Å². The van der Waals surface area contributed by atoms with Crippen LogP contribution in [0.25, 0.3) is 0 Å². The molecule has 20 heavy (non-hydrogen) atoms. The van der Waals surface area contributed by atoms with Gasteiger partial charge in [0, 0.05) is 0 Å². The van der Waals surface area contributed by atoms with Crippen LogP contribution >= 0.6 is 0 Å². The van der Waals surface area contributed by atoms with Crippen LogP contribution in [0, 0.1) is 0 Å². The SMILES string of the molecule is C=CCC.C=CCCCCCC.C=CCCCCCC. The average molecular weight is 281 g/mol. The third-order valence-corrected chi connectivity index (χ3v) is 2.81. The summed E-state index contributed by atoms with van der Waals surface area (Å²) in [5, 5.41) is 0. The molecule has 0 aromatic heterocycles. The first-order valence-electron chi connectivity index (χ1n) is 8.57. The second-order valence-corrected chi connectivity index (χ2v) is 4.97. The maximum absolute atomic E-state index is 3.66. The Bertz CT molecular complexity index is 151. The zero-order valence-electron chi connectivity index (χ0n) is 14.6. The van der Waals surface area contributed by atoms with E-state index in [9.17, 15) is 0 Å². The molecular weight excluding hydrogens is 240 g/mol. The van der Waals surface area contributed by atoms with E-state index in [-0.39, 0.29) is 0 Å². The van der Waals surface area contributed by atoms with Crippen LogP contribution in [-0.2, 0) is 0 Å². The first-order valence-corrected chi connectivity index (χ1v) is 8.57. The Morgan fingerprint density at radius 3 is 1.10 bits per heavy atom. The Kier molecular flexibility index (Phi) is 37.5. The van der Waals surface area contributed by atoms with Crippen molar-refractivity contribution in [2.45, 2.75) is 91.4 Å². The Balaban J connectivity index is -0.000000230. The minimum Gasteiger partial charge on any atom is -0.103 e. The molecular formula is C20H40. The van der Waals surface area contributed by atoms with Crippen LogP contribution < -0.4 is 0 Å². The first kappa shape index (κ1) is 24.3. The molecule has 0 N–H and O–H groups in total. The molecule has 0 saturated heterocycles. The summed E-state index contributed by atoms with van der Waals surface area (Å²) in [5.74, 6) is 0. The zero-order chi connectivity index (χ0) is 15.9. The van der Waals surface area contributed by atoms with Gasteiger partial charge in [-0.05, 0) is 32.1 Å². The van der Waals surface area contributed by atoms with Gasteiger partial charge in [0.2, 0.25) is 0 Å². The molecule has 120 valence electrons. The summed E-state index contributed by atoms with van der Waals surface area (Å²) in [6, 6.07) is 0. The maximum atomic E-state index is 3.66. The van der Waals surface area contributed by atoms with Gasteiger partial charge in [0.05, 0.1) is 0 Å². The fourth-order valence-corrected chi connectivity index (χ4v) is 1.43. The van der Waals surface area contributed by atoms with Gasteiger partial charge in [-0.25, -0.2) is 0 Å². The highest BCUT2D eigenvalue weighted by Gasteiger charge is 1.82. The maximum Gasteiger partial charge on any atom is -0.0353 e. The van der Waals surface area contributed by atoms with Gasteiger partial charge in [-0.3, -0.25) is 0 Å². The normalized spacial score (nSPS) is 8.55. The molecule has 0 aromatic carbocycles. The molecule has 0 unspecified atom stereocenters. The standard InChI is InChI=1S/2C8H16.C4H8/c2*1-3-5-7-8-6-4-2;1-3-4-2/h2*3H,1,4-8H2,2H3;3H,1,4H2,2H3.